The van der Waals surface area contributed by atoms with Crippen molar-refractivity contribution >= 4 is 28.2 Å². The number of hydrogen-bond donors (Lipinski definition) is 1. The van der Waals surface area contributed by atoms with Crippen molar-refractivity contribution in [2.24, 2.45) is 0 Å². The molecular weight excluding hydrogens is 380 g/mol. The number of nitrogens with one attached hydrogen (secondary N) is 1. The molecule has 4 rings (SSSR count). The van der Waals surface area contributed by atoms with Gasteiger partial charge < -0.3 is 5.32 Å². The van der Waals surface area contributed by atoms with Gasteiger partial charge in [0.2, 0.25) is 0 Å². The van der Waals surface area contributed by atoms with Crippen LogP contribution in [0.5, 0.6) is 0 Å². The number of aromatic nitrogens is 2. The lowest BCUT2D eigenvalue weighted by Crippen LogP contribution is -2.16. The number of carbonyl (C=O) groups is 1. The van der Waals surface area contributed by atoms with Crippen LogP contribution in [0.3, 0.4) is 0 Å². The second-order valence-electron chi connectivity index (χ2n) is 6.51. The van der Waals surface area contributed by atoms with E-state index in [2.05, 4.69) is 10.4 Å². The van der Waals surface area contributed by atoms with Gasteiger partial charge in [0.15, 0.2) is 0 Å². The third-order valence-corrected chi connectivity index (χ3v) is 5.71. The van der Waals surface area contributed by atoms with E-state index in [1.54, 1.807) is 4.68 Å². The first-order valence-corrected chi connectivity index (χ1v) is 10.00. The zero-order valence-corrected chi connectivity index (χ0v) is 15.7. The Hall–Kier alpha value is -3.33. The normalized spacial score (nSPS) is 15.2. The van der Waals surface area contributed by atoms with Gasteiger partial charge in [-0.2, -0.15) is 5.10 Å². The van der Waals surface area contributed by atoms with E-state index in [1.807, 2.05) is 31.2 Å². The Bertz CT molecular complexity index is 1120. The smallest absolute Gasteiger partial charge is 0.270 e. The molecular formula is C19H16N4O4S. The van der Waals surface area contributed by atoms with Crippen LogP contribution in [0.15, 0.2) is 48.5 Å². The molecule has 0 spiro atoms. The summed E-state index contributed by atoms with van der Waals surface area (Å²) in [4.78, 5) is 23.2. The molecule has 1 amide bonds. The maximum Gasteiger partial charge on any atom is 0.270 e. The minimum absolute atomic E-state index is 0.161. The van der Waals surface area contributed by atoms with Gasteiger partial charge >= 0.3 is 0 Å². The standard InChI is InChI=1S/C19H16N4O4S/c1-12-5-7-14(8-6-12)22-18(16-10-28(27)11-17(16)21-22)20-19(24)13-3-2-4-15(9-13)23(25)26/h2-9H,10-11H2,1H3,(H,20,24). The van der Waals surface area contributed by atoms with Crippen LogP contribution in [0.1, 0.15) is 27.2 Å². The zero-order chi connectivity index (χ0) is 19.8. The average Bonchev–Trinajstić information content (AvgIpc) is 3.19. The maximum absolute atomic E-state index is 12.8. The fraction of sp³-hybridized carbons (Fsp3) is 0.158. The number of benzene rings is 2. The van der Waals surface area contributed by atoms with Crippen LogP contribution in [0.25, 0.3) is 5.69 Å². The fourth-order valence-corrected chi connectivity index (χ4v) is 4.33. The number of non-ortho nitro benzene ring substituents is 1. The molecule has 0 bridgehead atoms. The maximum atomic E-state index is 12.8. The number of aryl methyl sites for hydroxylation is 1. The van der Waals surface area contributed by atoms with Crippen LogP contribution in [0.2, 0.25) is 0 Å². The summed E-state index contributed by atoms with van der Waals surface area (Å²) in [5, 5.41) is 18.3. The number of hydrogen-bond acceptors (Lipinski definition) is 5. The molecule has 1 aromatic heterocycles. The summed E-state index contributed by atoms with van der Waals surface area (Å²) in [6, 6.07) is 13.2. The molecule has 8 nitrogen and oxygen atoms in total. The quantitative estimate of drug-likeness (QED) is 0.539. The number of rotatable bonds is 4. The van der Waals surface area contributed by atoms with Gasteiger partial charge in [-0.3, -0.25) is 19.1 Å². The van der Waals surface area contributed by atoms with E-state index in [-0.39, 0.29) is 11.3 Å². The Balaban J connectivity index is 1.73. The number of nitrogens with zero attached hydrogens (tertiary/aromatic N) is 3. The second-order valence-corrected chi connectivity index (χ2v) is 7.97. The number of amides is 1. The van der Waals surface area contributed by atoms with Crippen molar-refractivity contribution in [2.45, 2.75) is 18.4 Å². The molecule has 3 aromatic rings. The fourth-order valence-electron chi connectivity index (χ4n) is 3.07. The van der Waals surface area contributed by atoms with E-state index in [0.717, 1.165) is 16.8 Å². The van der Waals surface area contributed by atoms with Gasteiger partial charge in [-0.05, 0) is 25.1 Å². The lowest BCUT2D eigenvalue weighted by molar-refractivity contribution is -0.384. The number of nitro groups is 1. The third-order valence-electron chi connectivity index (χ3n) is 4.50. The lowest BCUT2D eigenvalue weighted by atomic mass is 10.2. The predicted molar refractivity (Wildman–Crippen MR) is 105 cm³/mol. The number of carbonyl (C=O) groups excluding carboxylic acids is 1. The molecule has 0 aliphatic carbocycles. The topological polar surface area (TPSA) is 107 Å². The molecule has 0 saturated carbocycles. The second kappa shape index (κ2) is 7.01. The van der Waals surface area contributed by atoms with Gasteiger partial charge in [0.1, 0.15) is 5.82 Å². The van der Waals surface area contributed by atoms with Gasteiger partial charge in [0, 0.05) is 34.1 Å². The predicted octanol–water partition coefficient (Wildman–Crippen LogP) is 3.10. The molecule has 1 N–H and O–H groups in total. The number of nitro benzene ring substituents is 1. The SMILES string of the molecule is Cc1ccc(-n2nc3c(c2NC(=O)c2cccc([N+](=O)[O-])c2)CS(=O)C3)cc1. The molecule has 9 heteroatoms. The monoisotopic (exact) mass is 396 g/mol. The molecule has 1 aliphatic rings. The molecule has 2 heterocycles. The molecule has 28 heavy (non-hydrogen) atoms. The first-order chi connectivity index (χ1) is 13.4. The highest BCUT2D eigenvalue weighted by Crippen LogP contribution is 2.31. The molecule has 1 unspecified atom stereocenters. The minimum Gasteiger partial charge on any atom is -0.306 e. The first kappa shape index (κ1) is 18.1. The third kappa shape index (κ3) is 3.31. The van der Waals surface area contributed by atoms with Crippen LogP contribution >= 0.6 is 0 Å². The summed E-state index contributed by atoms with van der Waals surface area (Å²) in [5.74, 6) is 0.609. The van der Waals surface area contributed by atoms with Crippen LogP contribution in [-0.2, 0) is 22.3 Å². The summed E-state index contributed by atoms with van der Waals surface area (Å²) in [7, 11) is -1.05. The highest BCUT2D eigenvalue weighted by atomic mass is 32.2. The highest BCUT2D eigenvalue weighted by molar-refractivity contribution is 7.83. The Labute approximate surface area is 162 Å². The number of anilines is 1. The van der Waals surface area contributed by atoms with Crippen molar-refractivity contribution in [1.29, 1.82) is 0 Å². The van der Waals surface area contributed by atoms with Gasteiger partial charge in [-0.25, -0.2) is 4.68 Å². The highest BCUT2D eigenvalue weighted by Gasteiger charge is 2.28. The van der Waals surface area contributed by atoms with Crippen LogP contribution in [0, 0.1) is 17.0 Å². The van der Waals surface area contributed by atoms with Crippen molar-refractivity contribution in [3.8, 4) is 5.69 Å². The zero-order valence-electron chi connectivity index (χ0n) is 14.9. The van der Waals surface area contributed by atoms with E-state index in [9.17, 15) is 19.1 Å². The molecule has 0 saturated heterocycles. The van der Waals surface area contributed by atoms with Gasteiger partial charge in [-0.15, -0.1) is 0 Å². The molecule has 0 fully saturated rings. The summed E-state index contributed by atoms with van der Waals surface area (Å²) in [6.07, 6.45) is 0. The summed E-state index contributed by atoms with van der Waals surface area (Å²) in [6.45, 7) is 1.97. The minimum atomic E-state index is -1.05. The Morgan fingerprint density at radius 1 is 1.21 bits per heavy atom. The van der Waals surface area contributed by atoms with E-state index < -0.39 is 21.6 Å². The Morgan fingerprint density at radius 3 is 2.68 bits per heavy atom. The lowest BCUT2D eigenvalue weighted by Gasteiger charge is -2.11. The molecule has 0 radical (unpaired) electrons. The average molecular weight is 396 g/mol. The van der Waals surface area contributed by atoms with Gasteiger partial charge in [-0.1, -0.05) is 23.8 Å². The Kier molecular flexibility index (Phi) is 4.52. The van der Waals surface area contributed by atoms with Gasteiger partial charge in [0.05, 0.1) is 27.8 Å². The molecule has 1 atom stereocenters. The summed E-state index contributed by atoms with van der Waals surface area (Å²) >= 11 is 0. The van der Waals surface area contributed by atoms with Crippen molar-refractivity contribution in [1.82, 2.24) is 9.78 Å². The molecule has 142 valence electrons. The van der Waals surface area contributed by atoms with Gasteiger partial charge in [0.25, 0.3) is 11.6 Å². The largest absolute Gasteiger partial charge is 0.306 e. The Morgan fingerprint density at radius 2 is 1.96 bits per heavy atom. The summed E-state index contributed by atoms with van der Waals surface area (Å²) < 4.78 is 13.6. The summed E-state index contributed by atoms with van der Waals surface area (Å²) in [5.41, 5.74) is 3.28. The van der Waals surface area contributed by atoms with Crippen molar-refractivity contribution in [3.05, 3.63) is 81.0 Å². The molecule has 1 aliphatic heterocycles. The molecule has 2 aromatic carbocycles. The van der Waals surface area contributed by atoms with E-state index in [4.69, 9.17) is 0 Å². The van der Waals surface area contributed by atoms with E-state index in [0.29, 0.717) is 23.0 Å². The van der Waals surface area contributed by atoms with Crippen LogP contribution < -0.4 is 5.32 Å². The van der Waals surface area contributed by atoms with Crippen LogP contribution in [0.4, 0.5) is 11.5 Å². The van der Waals surface area contributed by atoms with Crippen LogP contribution in [-0.4, -0.2) is 24.8 Å². The van der Waals surface area contributed by atoms with E-state index in [1.165, 1.54) is 24.3 Å². The first-order valence-electron chi connectivity index (χ1n) is 8.51. The van der Waals surface area contributed by atoms with Crippen molar-refractivity contribution in [3.63, 3.8) is 0 Å². The number of fused-ring (bicyclic) bond motifs is 1. The van der Waals surface area contributed by atoms with E-state index >= 15 is 0 Å². The van der Waals surface area contributed by atoms with Crippen molar-refractivity contribution < 1.29 is 13.9 Å². The van der Waals surface area contributed by atoms with Crippen molar-refractivity contribution in [2.75, 3.05) is 5.32 Å².